The summed E-state index contributed by atoms with van der Waals surface area (Å²) in [5, 5.41) is 20.0. The SMILES string of the molecule is C/C(=C/CC[C@H](C)[C@H]1CC[C@]2(C)C3=CC[C@H]4C(C)(C)[C@H](O)CC[C@]4(C)[C@H]3CC[C@@]12C)C(=O)O. The minimum absolute atomic E-state index is 0.00892. The summed E-state index contributed by atoms with van der Waals surface area (Å²) in [7, 11) is 0. The Balaban J connectivity index is 1.58. The van der Waals surface area contributed by atoms with Crippen molar-refractivity contribution >= 4 is 5.97 Å². The van der Waals surface area contributed by atoms with Crippen LogP contribution >= 0.6 is 0 Å². The Morgan fingerprint density at radius 2 is 1.82 bits per heavy atom. The topological polar surface area (TPSA) is 57.5 Å². The number of rotatable bonds is 5. The maximum Gasteiger partial charge on any atom is 0.330 e. The lowest BCUT2D eigenvalue weighted by Crippen LogP contribution is -2.58. The summed E-state index contributed by atoms with van der Waals surface area (Å²) in [5.41, 5.74) is 3.13. The molecule has 186 valence electrons. The van der Waals surface area contributed by atoms with E-state index in [2.05, 4.69) is 47.6 Å². The van der Waals surface area contributed by atoms with Gasteiger partial charge in [-0.05, 0) is 110 Å². The molecule has 0 bridgehead atoms. The molecule has 2 N–H and O–H groups in total. The molecule has 0 aromatic rings. The lowest BCUT2D eigenvalue weighted by atomic mass is 9.41. The predicted molar refractivity (Wildman–Crippen MR) is 135 cm³/mol. The molecule has 0 spiro atoms. The molecule has 0 amide bonds. The van der Waals surface area contributed by atoms with Crippen LogP contribution < -0.4 is 0 Å². The van der Waals surface area contributed by atoms with E-state index in [1.165, 1.54) is 25.7 Å². The fourth-order valence-electron chi connectivity index (χ4n) is 9.50. The minimum atomic E-state index is -0.796. The zero-order valence-electron chi connectivity index (χ0n) is 22.2. The van der Waals surface area contributed by atoms with Crippen LogP contribution in [0.3, 0.4) is 0 Å². The summed E-state index contributed by atoms with van der Waals surface area (Å²) in [4.78, 5) is 11.1. The van der Waals surface area contributed by atoms with Crippen molar-refractivity contribution in [3.8, 4) is 0 Å². The third-order valence-electron chi connectivity index (χ3n) is 12.0. The van der Waals surface area contributed by atoms with E-state index in [1.807, 2.05) is 6.08 Å². The monoisotopic (exact) mass is 456 g/mol. The second-order valence-electron chi connectivity index (χ2n) is 13.6. The van der Waals surface area contributed by atoms with Gasteiger partial charge in [0.1, 0.15) is 0 Å². The molecule has 0 heterocycles. The highest BCUT2D eigenvalue weighted by Gasteiger charge is 2.65. The number of fused-ring (bicyclic) bond motifs is 5. The average Bonchev–Trinajstić information content (AvgIpc) is 3.02. The van der Waals surface area contributed by atoms with Crippen molar-refractivity contribution in [1.29, 1.82) is 0 Å². The predicted octanol–water partition coefficient (Wildman–Crippen LogP) is 7.40. The molecule has 0 radical (unpaired) electrons. The van der Waals surface area contributed by atoms with E-state index in [9.17, 15) is 9.90 Å². The number of carboxylic acids is 1. The molecule has 0 saturated heterocycles. The van der Waals surface area contributed by atoms with Crippen molar-refractivity contribution in [2.75, 3.05) is 0 Å². The van der Waals surface area contributed by atoms with E-state index in [4.69, 9.17) is 5.11 Å². The van der Waals surface area contributed by atoms with Gasteiger partial charge in [-0.25, -0.2) is 4.79 Å². The Kier molecular flexibility index (Phi) is 6.25. The van der Waals surface area contributed by atoms with Crippen molar-refractivity contribution in [1.82, 2.24) is 0 Å². The molecular weight excluding hydrogens is 408 g/mol. The van der Waals surface area contributed by atoms with Crippen LogP contribution in [0.5, 0.6) is 0 Å². The van der Waals surface area contributed by atoms with Crippen molar-refractivity contribution < 1.29 is 15.0 Å². The van der Waals surface area contributed by atoms with Crippen LogP contribution in [0, 0.1) is 45.3 Å². The molecule has 3 nitrogen and oxygen atoms in total. The summed E-state index contributed by atoms with van der Waals surface area (Å²) in [6.45, 7) is 16.5. The van der Waals surface area contributed by atoms with E-state index in [-0.39, 0.29) is 16.9 Å². The van der Waals surface area contributed by atoms with Gasteiger partial charge < -0.3 is 10.2 Å². The zero-order valence-corrected chi connectivity index (χ0v) is 22.2. The number of aliphatic carboxylic acids is 1. The lowest BCUT2D eigenvalue weighted by molar-refractivity contribution is -0.132. The first-order chi connectivity index (χ1) is 15.3. The molecule has 4 aliphatic carbocycles. The van der Waals surface area contributed by atoms with Crippen LogP contribution in [0.1, 0.15) is 106 Å². The number of aliphatic hydroxyl groups is 1. The second-order valence-corrected chi connectivity index (χ2v) is 13.6. The van der Waals surface area contributed by atoms with Crippen LogP contribution in [0.15, 0.2) is 23.3 Å². The van der Waals surface area contributed by atoms with Crippen molar-refractivity contribution in [3.05, 3.63) is 23.3 Å². The molecular formula is C30H48O3. The highest BCUT2D eigenvalue weighted by Crippen LogP contribution is 2.73. The number of hydrogen-bond acceptors (Lipinski definition) is 2. The molecule has 4 aliphatic rings. The first-order valence-corrected chi connectivity index (χ1v) is 13.6. The number of hydrogen-bond donors (Lipinski definition) is 2. The van der Waals surface area contributed by atoms with Gasteiger partial charge in [0.2, 0.25) is 0 Å². The molecule has 33 heavy (non-hydrogen) atoms. The fourth-order valence-corrected chi connectivity index (χ4v) is 9.50. The van der Waals surface area contributed by atoms with Gasteiger partial charge in [-0.15, -0.1) is 0 Å². The quantitative estimate of drug-likeness (QED) is 0.335. The van der Waals surface area contributed by atoms with E-state index in [0.29, 0.717) is 40.1 Å². The molecule has 0 aromatic carbocycles. The van der Waals surface area contributed by atoms with E-state index < -0.39 is 5.97 Å². The Bertz CT molecular complexity index is 853. The Labute approximate surface area is 202 Å². The molecule has 3 fully saturated rings. The molecule has 0 aliphatic heterocycles. The van der Waals surface area contributed by atoms with Gasteiger partial charge in [0.15, 0.2) is 0 Å². The number of carbonyl (C=O) groups is 1. The average molecular weight is 457 g/mol. The van der Waals surface area contributed by atoms with Crippen LogP contribution in [0.2, 0.25) is 0 Å². The minimum Gasteiger partial charge on any atom is -0.478 e. The Morgan fingerprint density at radius 1 is 1.12 bits per heavy atom. The summed E-state index contributed by atoms with van der Waals surface area (Å²) >= 11 is 0. The van der Waals surface area contributed by atoms with Crippen molar-refractivity contribution in [2.45, 2.75) is 112 Å². The molecule has 4 rings (SSSR count). The maximum absolute atomic E-state index is 11.1. The van der Waals surface area contributed by atoms with E-state index >= 15 is 0 Å². The van der Waals surface area contributed by atoms with Gasteiger partial charge in [0.05, 0.1) is 6.10 Å². The van der Waals surface area contributed by atoms with Gasteiger partial charge >= 0.3 is 5.97 Å². The molecule has 0 unspecified atom stereocenters. The normalized spacial score (nSPS) is 45.5. The second kappa shape index (κ2) is 8.25. The van der Waals surface area contributed by atoms with Crippen LogP contribution in [-0.2, 0) is 4.79 Å². The van der Waals surface area contributed by atoms with E-state index in [0.717, 1.165) is 32.1 Å². The summed E-state index contributed by atoms with van der Waals surface area (Å²) < 4.78 is 0. The summed E-state index contributed by atoms with van der Waals surface area (Å²) in [6, 6.07) is 0. The third-order valence-corrected chi connectivity index (χ3v) is 12.0. The maximum atomic E-state index is 11.1. The first-order valence-electron chi connectivity index (χ1n) is 13.6. The molecule has 8 atom stereocenters. The van der Waals surface area contributed by atoms with Crippen molar-refractivity contribution in [2.24, 2.45) is 45.3 Å². The number of aliphatic hydroxyl groups excluding tert-OH is 1. The number of allylic oxidation sites excluding steroid dienone is 3. The zero-order chi connectivity index (χ0) is 24.4. The standard InChI is InChI=1S/C30H48O3/c1-19(9-8-10-20(2)26(32)33)21-13-17-30(7)23-11-12-24-27(3,4)25(31)15-16-28(24,5)22(23)14-18-29(21,30)6/h10-11,19,21-22,24-25,31H,8-9,12-18H2,1-7H3,(H,32,33)/b20-10-/t19-,21+,22-,24-,25+,28+,29-,30+/m0/s1. The van der Waals surface area contributed by atoms with Crippen LogP contribution in [0.25, 0.3) is 0 Å². The summed E-state index contributed by atoms with van der Waals surface area (Å²) in [6.07, 6.45) is 14.7. The van der Waals surface area contributed by atoms with Gasteiger partial charge in [0, 0.05) is 5.57 Å². The Morgan fingerprint density at radius 3 is 2.48 bits per heavy atom. The van der Waals surface area contributed by atoms with Gasteiger partial charge in [-0.1, -0.05) is 59.3 Å². The molecule has 3 saturated carbocycles. The summed E-state index contributed by atoms with van der Waals surface area (Å²) in [5.74, 6) is 1.75. The molecule has 3 heteroatoms. The highest BCUT2D eigenvalue weighted by atomic mass is 16.4. The molecule has 0 aromatic heterocycles. The number of carboxylic acid groups (broad SMARTS) is 1. The van der Waals surface area contributed by atoms with Crippen LogP contribution in [0.4, 0.5) is 0 Å². The lowest BCUT2D eigenvalue weighted by Gasteiger charge is -2.64. The highest BCUT2D eigenvalue weighted by molar-refractivity contribution is 5.85. The van der Waals surface area contributed by atoms with Gasteiger partial charge in [-0.3, -0.25) is 0 Å². The fraction of sp³-hybridized carbons (Fsp3) is 0.833. The van der Waals surface area contributed by atoms with Gasteiger partial charge in [0.25, 0.3) is 0 Å². The third kappa shape index (κ3) is 3.58. The van der Waals surface area contributed by atoms with E-state index in [1.54, 1.807) is 12.5 Å². The first kappa shape index (κ1) is 25.0. The van der Waals surface area contributed by atoms with Crippen molar-refractivity contribution in [3.63, 3.8) is 0 Å². The van der Waals surface area contributed by atoms with Crippen LogP contribution in [-0.4, -0.2) is 22.3 Å². The van der Waals surface area contributed by atoms with Gasteiger partial charge in [-0.2, -0.15) is 0 Å². The largest absolute Gasteiger partial charge is 0.478 e. The smallest absolute Gasteiger partial charge is 0.330 e. The Hall–Kier alpha value is -1.09.